The average molecular weight is 445 g/mol. The van der Waals surface area contributed by atoms with Crippen LogP contribution in [-0.2, 0) is 10.3 Å². The van der Waals surface area contributed by atoms with Crippen molar-refractivity contribution in [3.63, 3.8) is 0 Å². The highest BCUT2D eigenvalue weighted by Gasteiger charge is 2.51. The molecule has 152 valence electrons. The molecule has 31 heavy (non-hydrogen) atoms. The molecule has 0 aliphatic carbocycles. The average Bonchev–Trinajstić information content (AvgIpc) is 2.82. The molecule has 4 aromatic rings. The second-order valence-electron chi connectivity index (χ2n) is 7.55. The van der Waals surface area contributed by atoms with Crippen LogP contribution in [0.3, 0.4) is 0 Å². The summed E-state index contributed by atoms with van der Waals surface area (Å²) in [6, 6.07) is 33.0. The third-order valence-electron chi connectivity index (χ3n) is 5.84. The van der Waals surface area contributed by atoms with Crippen LogP contribution in [0.25, 0.3) is 0 Å². The van der Waals surface area contributed by atoms with Crippen LogP contribution in [0.2, 0.25) is 10.0 Å². The van der Waals surface area contributed by atoms with Gasteiger partial charge in [-0.25, -0.2) is 4.79 Å². The van der Waals surface area contributed by atoms with Crippen molar-refractivity contribution in [3.8, 4) is 0 Å². The molecule has 2 atom stereocenters. The Balaban J connectivity index is 1.90. The molecular formula is C27H18Cl2O2. The van der Waals surface area contributed by atoms with E-state index in [0.29, 0.717) is 15.6 Å². The van der Waals surface area contributed by atoms with Crippen molar-refractivity contribution < 1.29 is 9.53 Å². The fourth-order valence-corrected chi connectivity index (χ4v) is 4.80. The van der Waals surface area contributed by atoms with Crippen molar-refractivity contribution in [2.75, 3.05) is 0 Å². The van der Waals surface area contributed by atoms with Gasteiger partial charge in [-0.05, 0) is 29.3 Å². The van der Waals surface area contributed by atoms with Crippen molar-refractivity contribution in [3.05, 3.63) is 141 Å². The monoisotopic (exact) mass is 444 g/mol. The molecule has 4 aromatic carbocycles. The lowest BCUT2D eigenvalue weighted by Gasteiger charge is -2.45. The van der Waals surface area contributed by atoms with Crippen molar-refractivity contribution in [1.82, 2.24) is 0 Å². The highest BCUT2D eigenvalue weighted by molar-refractivity contribution is 6.42. The van der Waals surface area contributed by atoms with Crippen LogP contribution in [0, 0.1) is 0 Å². The number of esters is 1. The van der Waals surface area contributed by atoms with Crippen LogP contribution in [0.15, 0.2) is 103 Å². The third kappa shape index (κ3) is 3.23. The summed E-state index contributed by atoms with van der Waals surface area (Å²) in [7, 11) is 0. The predicted molar refractivity (Wildman–Crippen MR) is 124 cm³/mol. The quantitative estimate of drug-likeness (QED) is 0.311. The molecule has 2 nitrogen and oxygen atoms in total. The zero-order chi connectivity index (χ0) is 21.4. The van der Waals surface area contributed by atoms with E-state index in [1.807, 2.05) is 78.9 Å². The second kappa shape index (κ2) is 7.88. The molecule has 5 rings (SSSR count). The Morgan fingerprint density at radius 2 is 1.32 bits per heavy atom. The molecule has 0 radical (unpaired) electrons. The molecule has 1 aliphatic rings. The molecule has 0 bridgehead atoms. The van der Waals surface area contributed by atoms with Gasteiger partial charge in [-0.1, -0.05) is 108 Å². The van der Waals surface area contributed by atoms with E-state index >= 15 is 0 Å². The maximum atomic E-state index is 13.3. The van der Waals surface area contributed by atoms with E-state index in [0.717, 1.165) is 22.3 Å². The lowest BCUT2D eigenvalue weighted by Crippen LogP contribution is -2.44. The molecular weight excluding hydrogens is 427 g/mol. The molecule has 0 spiro atoms. The first kappa shape index (κ1) is 19.9. The van der Waals surface area contributed by atoms with E-state index in [4.69, 9.17) is 27.9 Å². The summed E-state index contributed by atoms with van der Waals surface area (Å²) in [6.45, 7) is 0. The topological polar surface area (TPSA) is 26.3 Å². The van der Waals surface area contributed by atoms with Gasteiger partial charge in [-0.2, -0.15) is 0 Å². The van der Waals surface area contributed by atoms with Gasteiger partial charge in [-0.15, -0.1) is 0 Å². The van der Waals surface area contributed by atoms with Gasteiger partial charge in [-0.3, -0.25) is 0 Å². The Bertz CT molecular complexity index is 1250. The number of carbonyl (C=O) groups is 1. The van der Waals surface area contributed by atoms with Crippen molar-refractivity contribution in [2.24, 2.45) is 0 Å². The van der Waals surface area contributed by atoms with E-state index in [2.05, 4.69) is 12.1 Å². The predicted octanol–water partition coefficient (Wildman–Crippen LogP) is 7.24. The zero-order valence-corrected chi connectivity index (χ0v) is 18.0. The lowest BCUT2D eigenvalue weighted by molar-refractivity contribution is -0.0159. The number of fused-ring (bicyclic) bond motifs is 1. The number of benzene rings is 4. The molecule has 0 saturated carbocycles. The highest BCUT2D eigenvalue weighted by Crippen LogP contribution is 2.53. The largest absolute Gasteiger partial charge is 0.445 e. The first-order valence-corrected chi connectivity index (χ1v) is 10.7. The molecule has 1 heterocycles. The van der Waals surface area contributed by atoms with Gasteiger partial charge in [0.2, 0.25) is 0 Å². The zero-order valence-electron chi connectivity index (χ0n) is 16.5. The Labute approximate surface area is 191 Å². The smallest absolute Gasteiger partial charge is 0.339 e. The molecule has 0 aromatic heterocycles. The van der Waals surface area contributed by atoms with Crippen molar-refractivity contribution in [1.29, 1.82) is 0 Å². The minimum atomic E-state index is -1.11. The Kier molecular flexibility index (Phi) is 5.05. The van der Waals surface area contributed by atoms with E-state index in [1.54, 1.807) is 12.1 Å². The van der Waals surface area contributed by atoms with Gasteiger partial charge in [0, 0.05) is 11.1 Å². The normalized spacial score (nSPS) is 20.1. The van der Waals surface area contributed by atoms with Gasteiger partial charge in [0.1, 0.15) is 0 Å². The molecule has 0 N–H and O–H groups in total. The van der Waals surface area contributed by atoms with Crippen LogP contribution in [0.1, 0.15) is 38.5 Å². The van der Waals surface area contributed by atoms with Crippen molar-refractivity contribution in [2.45, 2.75) is 11.5 Å². The number of cyclic esters (lactones) is 1. The summed E-state index contributed by atoms with van der Waals surface area (Å²) in [5.74, 6) is -0.639. The summed E-state index contributed by atoms with van der Waals surface area (Å²) in [4.78, 5) is 13.3. The number of carbonyl (C=O) groups excluding carboxylic acids is 1. The summed E-state index contributed by atoms with van der Waals surface area (Å²) in [6.07, 6.45) is 0. The Morgan fingerprint density at radius 1 is 0.677 bits per heavy atom. The molecule has 0 saturated heterocycles. The number of hydrogen-bond donors (Lipinski definition) is 0. The van der Waals surface area contributed by atoms with E-state index in [1.165, 1.54) is 0 Å². The molecule has 0 fully saturated rings. The number of ether oxygens (including phenoxy) is 1. The fourth-order valence-electron chi connectivity index (χ4n) is 4.50. The van der Waals surface area contributed by atoms with E-state index in [-0.39, 0.29) is 11.9 Å². The first-order chi connectivity index (χ1) is 15.1. The number of halogens is 2. The van der Waals surface area contributed by atoms with Crippen LogP contribution < -0.4 is 0 Å². The van der Waals surface area contributed by atoms with E-state index in [9.17, 15) is 4.79 Å². The highest BCUT2D eigenvalue weighted by atomic mass is 35.5. The summed E-state index contributed by atoms with van der Waals surface area (Å²) >= 11 is 12.7. The first-order valence-electron chi connectivity index (χ1n) is 9.99. The molecule has 2 unspecified atom stereocenters. The van der Waals surface area contributed by atoms with E-state index < -0.39 is 5.60 Å². The van der Waals surface area contributed by atoms with Crippen LogP contribution in [0.4, 0.5) is 0 Å². The number of rotatable bonds is 3. The Hall–Kier alpha value is -3.07. The molecule has 4 heteroatoms. The molecule has 0 amide bonds. The van der Waals surface area contributed by atoms with Crippen molar-refractivity contribution >= 4 is 29.2 Å². The number of hydrogen-bond acceptors (Lipinski definition) is 2. The van der Waals surface area contributed by atoms with Gasteiger partial charge in [0.25, 0.3) is 0 Å². The standard InChI is InChI=1S/C27H18Cl2O2/c28-23-16-15-20(17-24(23)29)27(19-11-5-2-6-12-19)25(18-9-3-1-4-10-18)21-13-7-8-14-22(21)26(30)31-27/h1-17,25H. The van der Waals surface area contributed by atoms with Crippen LogP contribution in [0.5, 0.6) is 0 Å². The summed E-state index contributed by atoms with van der Waals surface area (Å²) in [5, 5.41) is 0.864. The maximum absolute atomic E-state index is 13.3. The second-order valence-corrected chi connectivity index (χ2v) is 8.37. The fraction of sp³-hybridized carbons (Fsp3) is 0.0741. The maximum Gasteiger partial charge on any atom is 0.339 e. The lowest BCUT2D eigenvalue weighted by atomic mass is 9.67. The van der Waals surface area contributed by atoms with Crippen LogP contribution in [-0.4, -0.2) is 5.97 Å². The summed E-state index contributed by atoms with van der Waals surface area (Å²) < 4.78 is 6.39. The minimum Gasteiger partial charge on any atom is -0.445 e. The third-order valence-corrected chi connectivity index (χ3v) is 6.57. The van der Waals surface area contributed by atoms with Gasteiger partial charge >= 0.3 is 5.97 Å². The van der Waals surface area contributed by atoms with Gasteiger partial charge in [0.15, 0.2) is 5.60 Å². The van der Waals surface area contributed by atoms with Gasteiger partial charge in [0.05, 0.1) is 21.5 Å². The SMILES string of the molecule is O=C1OC(c2ccccc2)(c2ccc(Cl)c(Cl)c2)C(c2ccccc2)c2ccccc21. The molecule has 1 aliphatic heterocycles. The Morgan fingerprint density at radius 3 is 2.03 bits per heavy atom. The summed E-state index contributed by atoms with van der Waals surface area (Å²) in [5.41, 5.74) is 3.05. The van der Waals surface area contributed by atoms with Crippen LogP contribution >= 0.6 is 23.2 Å². The minimum absolute atomic E-state index is 0.276. The van der Waals surface area contributed by atoms with Gasteiger partial charge < -0.3 is 4.74 Å².